The third-order valence-electron chi connectivity index (χ3n) is 2.72. The van der Waals surface area contributed by atoms with Gasteiger partial charge in [-0.1, -0.05) is 12.8 Å². The van der Waals surface area contributed by atoms with Crippen LogP contribution in [0.4, 0.5) is 0 Å². The number of nitrogens with one attached hydrogen (secondary N) is 1. The Labute approximate surface area is 100 Å². The number of hydrogen-bond donors (Lipinski definition) is 1. The van der Waals surface area contributed by atoms with Gasteiger partial charge < -0.3 is 4.42 Å². The van der Waals surface area contributed by atoms with Crippen LogP contribution in [0, 0.1) is 5.92 Å². The highest BCUT2D eigenvalue weighted by Gasteiger charge is 2.27. The van der Waals surface area contributed by atoms with E-state index in [9.17, 15) is 13.2 Å². The lowest BCUT2D eigenvalue weighted by molar-refractivity contribution is 0.109. The van der Waals surface area contributed by atoms with Crippen molar-refractivity contribution < 1.29 is 17.6 Å². The van der Waals surface area contributed by atoms with Gasteiger partial charge in [0.15, 0.2) is 12.0 Å². The van der Waals surface area contributed by atoms with Crippen LogP contribution >= 0.6 is 0 Å². The predicted octanol–water partition coefficient (Wildman–Crippen LogP) is 1.56. The van der Waals surface area contributed by atoms with Gasteiger partial charge in [0.1, 0.15) is 0 Å². The molecule has 1 saturated carbocycles. The van der Waals surface area contributed by atoms with Crippen molar-refractivity contribution in [1.82, 2.24) is 4.72 Å². The van der Waals surface area contributed by atoms with Crippen molar-refractivity contribution in [3.63, 3.8) is 0 Å². The maximum Gasteiger partial charge on any atom is 0.274 e. The Bertz CT molecular complexity index is 501. The Morgan fingerprint density at radius 3 is 2.76 bits per heavy atom. The summed E-state index contributed by atoms with van der Waals surface area (Å²) in [6, 6.07) is 2.51. The fourth-order valence-corrected chi connectivity index (χ4v) is 2.96. The van der Waals surface area contributed by atoms with Gasteiger partial charge in [-0.3, -0.25) is 4.79 Å². The molecule has 0 amide bonds. The number of carbonyl (C=O) groups is 1. The van der Waals surface area contributed by atoms with E-state index in [1.165, 1.54) is 25.0 Å². The van der Waals surface area contributed by atoms with Gasteiger partial charge in [0.2, 0.25) is 5.09 Å². The van der Waals surface area contributed by atoms with Crippen molar-refractivity contribution in [2.24, 2.45) is 5.92 Å². The summed E-state index contributed by atoms with van der Waals surface area (Å²) in [5.41, 5.74) is 0. The Kier molecular flexibility index (Phi) is 3.35. The average Bonchev–Trinajstić information content (AvgIpc) is 2.92. The molecule has 6 heteroatoms. The Morgan fingerprint density at radius 2 is 2.24 bits per heavy atom. The van der Waals surface area contributed by atoms with Gasteiger partial charge >= 0.3 is 0 Å². The third-order valence-corrected chi connectivity index (χ3v) is 4.19. The van der Waals surface area contributed by atoms with Crippen molar-refractivity contribution in [1.29, 1.82) is 0 Å². The molecule has 94 valence electrons. The molecule has 17 heavy (non-hydrogen) atoms. The second kappa shape index (κ2) is 4.62. The van der Waals surface area contributed by atoms with Crippen molar-refractivity contribution in [2.75, 3.05) is 0 Å². The van der Waals surface area contributed by atoms with E-state index in [1.807, 2.05) is 6.92 Å². The fourth-order valence-electron chi connectivity index (χ4n) is 1.77. The highest BCUT2D eigenvalue weighted by molar-refractivity contribution is 7.89. The zero-order valence-corrected chi connectivity index (χ0v) is 10.4. The number of carbonyl (C=O) groups excluding carboxylic acids is 1. The molecule has 1 heterocycles. The molecule has 0 radical (unpaired) electrons. The lowest BCUT2D eigenvalue weighted by atomic mass is 10.2. The Balaban J connectivity index is 2.03. The number of rotatable bonds is 6. The summed E-state index contributed by atoms with van der Waals surface area (Å²) in [6.07, 6.45) is 3.69. The Hall–Kier alpha value is -1.14. The topological polar surface area (TPSA) is 76.4 Å². The van der Waals surface area contributed by atoms with Crippen molar-refractivity contribution >= 4 is 16.3 Å². The van der Waals surface area contributed by atoms with Gasteiger partial charge in [-0.15, -0.1) is 0 Å². The van der Waals surface area contributed by atoms with Crippen molar-refractivity contribution in [3.05, 3.63) is 17.9 Å². The number of sulfonamides is 1. The molecule has 1 aromatic rings. The molecule has 1 unspecified atom stereocenters. The van der Waals surface area contributed by atoms with E-state index in [0.29, 0.717) is 12.2 Å². The van der Waals surface area contributed by atoms with Crippen LogP contribution in [0.1, 0.15) is 36.7 Å². The monoisotopic (exact) mass is 257 g/mol. The van der Waals surface area contributed by atoms with E-state index in [1.54, 1.807) is 0 Å². The maximum atomic E-state index is 11.9. The van der Waals surface area contributed by atoms with E-state index in [0.717, 1.165) is 6.42 Å². The fraction of sp³-hybridized carbons (Fsp3) is 0.545. The molecule has 0 aliphatic heterocycles. The summed E-state index contributed by atoms with van der Waals surface area (Å²) in [6.45, 7) is 1.83. The molecule has 1 fully saturated rings. The van der Waals surface area contributed by atoms with E-state index < -0.39 is 10.0 Å². The lowest BCUT2D eigenvalue weighted by Crippen LogP contribution is -2.32. The summed E-state index contributed by atoms with van der Waals surface area (Å²) >= 11 is 0. The van der Waals surface area contributed by atoms with Crippen molar-refractivity contribution in [3.8, 4) is 0 Å². The van der Waals surface area contributed by atoms with Crippen LogP contribution in [-0.2, 0) is 10.0 Å². The van der Waals surface area contributed by atoms with E-state index in [2.05, 4.69) is 4.72 Å². The SMILES string of the molecule is CC(CC1CC1)NS(=O)(=O)c1ccc(C=O)o1. The predicted molar refractivity (Wildman–Crippen MR) is 61.2 cm³/mol. The van der Waals surface area contributed by atoms with Crippen LogP contribution in [0.3, 0.4) is 0 Å². The minimum atomic E-state index is -3.64. The quantitative estimate of drug-likeness (QED) is 0.785. The number of hydrogen-bond acceptors (Lipinski definition) is 4. The molecule has 0 aromatic carbocycles. The van der Waals surface area contributed by atoms with Gasteiger partial charge in [-0.2, -0.15) is 0 Å². The molecule has 0 bridgehead atoms. The van der Waals surface area contributed by atoms with Crippen molar-refractivity contribution in [2.45, 2.75) is 37.3 Å². The maximum absolute atomic E-state index is 11.9. The molecule has 1 atom stereocenters. The van der Waals surface area contributed by atoms with E-state index in [-0.39, 0.29) is 16.9 Å². The third kappa shape index (κ3) is 3.17. The highest BCUT2D eigenvalue weighted by Crippen LogP contribution is 2.33. The Morgan fingerprint density at radius 1 is 1.53 bits per heavy atom. The molecule has 0 saturated heterocycles. The first-order valence-corrected chi connectivity index (χ1v) is 7.07. The van der Waals surface area contributed by atoms with E-state index in [4.69, 9.17) is 4.42 Å². The highest BCUT2D eigenvalue weighted by atomic mass is 32.2. The van der Waals surface area contributed by atoms with Crippen LogP contribution < -0.4 is 4.72 Å². The first kappa shape index (κ1) is 12.3. The van der Waals surface area contributed by atoms with Gasteiger partial charge in [-0.05, 0) is 31.4 Å². The number of aldehydes is 1. The second-order valence-electron chi connectivity index (χ2n) is 4.48. The molecule has 1 N–H and O–H groups in total. The normalized spacial score (nSPS) is 17.9. The summed E-state index contributed by atoms with van der Waals surface area (Å²) in [7, 11) is -3.64. The first-order chi connectivity index (χ1) is 8.01. The molecule has 1 aromatic heterocycles. The molecule has 1 aliphatic carbocycles. The second-order valence-corrected chi connectivity index (χ2v) is 6.12. The van der Waals surface area contributed by atoms with Crippen LogP contribution in [0.2, 0.25) is 0 Å². The zero-order chi connectivity index (χ0) is 12.5. The minimum Gasteiger partial charge on any atom is -0.440 e. The van der Waals surface area contributed by atoms with E-state index >= 15 is 0 Å². The summed E-state index contributed by atoms with van der Waals surface area (Å²) in [5, 5.41) is -0.206. The van der Waals surface area contributed by atoms with Gasteiger partial charge in [0, 0.05) is 6.04 Å². The first-order valence-electron chi connectivity index (χ1n) is 5.58. The van der Waals surface area contributed by atoms with Crippen LogP contribution in [-0.4, -0.2) is 20.7 Å². The summed E-state index contributed by atoms with van der Waals surface area (Å²) in [5.74, 6) is 0.662. The average molecular weight is 257 g/mol. The zero-order valence-electron chi connectivity index (χ0n) is 9.55. The molecular weight excluding hydrogens is 242 g/mol. The van der Waals surface area contributed by atoms with Gasteiger partial charge in [-0.25, -0.2) is 13.1 Å². The van der Waals surface area contributed by atoms with Crippen LogP contribution in [0.5, 0.6) is 0 Å². The standard InChI is InChI=1S/C11H15NO4S/c1-8(6-9-2-3-9)12-17(14,15)11-5-4-10(7-13)16-11/h4-5,7-9,12H,2-3,6H2,1H3. The largest absolute Gasteiger partial charge is 0.440 e. The van der Waals surface area contributed by atoms with Gasteiger partial charge in [0.05, 0.1) is 0 Å². The minimum absolute atomic E-state index is 0.0141. The summed E-state index contributed by atoms with van der Waals surface area (Å²) < 4.78 is 31.2. The number of furan rings is 1. The van der Waals surface area contributed by atoms with Crippen LogP contribution in [0.25, 0.3) is 0 Å². The summed E-state index contributed by atoms with van der Waals surface area (Å²) in [4.78, 5) is 10.4. The van der Waals surface area contributed by atoms with Gasteiger partial charge in [0.25, 0.3) is 10.0 Å². The molecule has 2 rings (SSSR count). The molecule has 0 spiro atoms. The smallest absolute Gasteiger partial charge is 0.274 e. The molecule has 5 nitrogen and oxygen atoms in total. The van der Waals surface area contributed by atoms with Crippen LogP contribution in [0.15, 0.2) is 21.6 Å². The lowest BCUT2D eigenvalue weighted by Gasteiger charge is -2.11. The molecule has 1 aliphatic rings. The molecular formula is C11H15NO4S.